The molecule has 0 bridgehead atoms. The van der Waals surface area contributed by atoms with Crippen LogP contribution in [0.1, 0.15) is 76.4 Å². The molecule has 0 radical (unpaired) electrons. The highest BCUT2D eigenvalue weighted by atomic mass is 32.2. The van der Waals surface area contributed by atoms with Gasteiger partial charge in [0.2, 0.25) is 0 Å². The molecule has 0 saturated carbocycles. The predicted molar refractivity (Wildman–Crippen MR) is 290 cm³/mol. The Morgan fingerprint density at radius 1 is 0.419 bits per heavy atom. The first-order valence-electron chi connectivity index (χ1n) is 24.3. The molecule has 1 aliphatic rings. The van der Waals surface area contributed by atoms with Gasteiger partial charge in [0.15, 0.2) is 11.6 Å². The Morgan fingerprint density at radius 2 is 0.784 bits per heavy atom. The van der Waals surface area contributed by atoms with Gasteiger partial charge in [-0.1, -0.05) is 169 Å². The van der Waals surface area contributed by atoms with Gasteiger partial charge in [0.1, 0.15) is 27.9 Å². The minimum Gasteiger partial charge on any atom is -0.457 e. The van der Waals surface area contributed by atoms with Gasteiger partial charge in [-0.3, -0.25) is 14.1 Å². The molecule has 74 heavy (non-hydrogen) atoms. The quantitative estimate of drug-likeness (QED) is 0.0854. The zero-order valence-electron chi connectivity index (χ0n) is 40.5. The van der Waals surface area contributed by atoms with Crippen LogP contribution in [0.15, 0.2) is 241 Å². The Labute approximate surface area is 430 Å². The lowest BCUT2D eigenvalue weighted by Crippen LogP contribution is -2.28. The number of hydrogen-bond acceptors (Lipinski definition) is 6. The molecule has 10 aromatic rings. The lowest BCUT2D eigenvalue weighted by atomic mass is 9.68. The minimum absolute atomic E-state index is 0.0364. The molecule has 0 aliphatic heterocycles. The molecule has 8 heteroatoms. The Kier molecular flexibility index (Phi) is 12.5. The van der Waals surface area contributed by atoms with Gasteiger partial charge in [-0.05, 0) is 149 Å². The molecule has 360 valence electrons. The van der Waals surface area contributed by atoms with Gasteiger partial charge in [-0.15, -0.1) is 0 Å². The van der Waals surface area contributed by atoms with Crippen molar-refractivity contribution in [3.05, 3.63) is 303 Å². The Morgan fingerprint density at radius 3 is 1.22 bits per heavy atom. The maximum absolute atomic E-state index is 13.6. The van der Waals surface area contributed by atoms with E-state index in [0.29, 0.717) is 68.4 Å². The third-order valence-corrected chi connectivity index (χ3v) is 14.7. The van der Waals surface area contributed by atoms with Gasteiger partial charge in [0.05, 0.1) is 5.41 Å². The van der Waals surface area contributed by atoms with Crippen molar-refractivity contribution in [1.82, 2.24) is 0 Å². The third kappa shape index (κ3) is 9.24. The van der Waals surface area contributed by atoms with Crippen LogP contribution in [0.25, 0.3) is 22.3 Å². The van der Waals surface area contributed by atoms with E-state index in [1.54, 1.807) is 54.6 Å². The van der Waals surface area contributed by atoms with Gasteiger partial charge in [0, 0.05) is 27.8 Å². The van der Waals surface area contributed by atoms with Crippen LogP contribution in [-0.2, 0) is 22.0 Å². The zero-order valence-corrected chi connectivity index (χ0v) is 41.3. The van der Waals surface area contributed by atoms with Gasteiger partial charge in [-0.25, -0.2) is 0 Å². The molecule has 0 aromatic heterocycles. The number of ketones is 2. The molecule has 0 spiro atoms. The van der Waals surface area contributed by atoms with Crippen molar-refractivity contribution >= 4 is 21.7 Å². The second-order valence-corrected chi connectivity index (χ2v) is 20.1. The van der Waals surface area contributed by atoms with Gasteiger partial charge in [0.25, 0.3) is 10.1 Å². The molecule has 0 amide bonds. The maximum Gasteiger partial charge on any atom is 0.295 e. The van der Waals surface area contributed by atoms with Crippen LogP contribution in [0.4, 0.5) is 0 Å². The lowest BCUT2D eigenvalue weighted by molar-refractivity contribution is 0.103. The van der Waals surface area contributed by atoms with E-state index in [4.69, 9.17) is 9.47 Å². The highest BCUT2D eigenvalue weighted by Crippen LogP contribution is 2.56. The summed E-state index contributed by atoms with van der Waals surface area (Å²) in [6.45, 7) is 3.95. The SMILES string of the molecule is Cc1ccc(C(=O)c2ccc(Oc3ccc(C4(c5ccc(Oc6ccc(C(=O)c7ccc(Cc8ccc(-c9ccc(C)cc9)c(S(=O)(=O)O)c8)cc7)cc6)cc5)c5ccccc5-c5ccccc54)cc3)cc2)cc1. The van der Waals surface area contributed by atoms with Crippen LogP contribution in [0.5, 0.6) is 23.0 Å². The highest BCUT2D eigenvalue weighted by Gasteiger charge is 2.46. The summed E-state index contributed by atoms with van der Waals surface area (Å²) in [4.78, 5) is 26.6. The summed E-state index contributed by atoms with van der Waals surface area (Å²) in [7, 11) is -4.49. The number of fused-ring (bicyclic) bond motifs is 3. The number of rotatable bonds is 14. The van der Waals surface area contributed by atoms with Crippen molar-refractivity contribution in [1.29, 1.82) is 0 Å². The number of aryl methyl sites for hydroxylation is 2. The van der Waals surface area contributed by atoms with Gasteiger partial charge in [-0.2, -0.15) is 8.42 Å². The van der Waals surface area contributed by atoms with E-state index in [-0.39, 0.29) is 16.5 Å². The number of ether oxygens (including phenoxy) is 2. The third-order valence-electron chi connectivity index (χ3n) is 13.9. The number of carbonyl (C=O) groups excluding carboxylic acids is 2. The second kappa shape index (κ2) is 19.6. The topological polar surface area (TPSA) is 107 Å². The van der Waals surface area contributed by atoms with Crippen LogP contribution in [0, 0.1) is 13.8 Å². The largest absolute Gasteiger partial charge is 0.457 e. The number of benzene rings is 10. The van der Waals surface area contributed by atoms with E-state index < -0.39 is 15.5 Å². The summed E-state index contributed by atoms with van der Waals surface area (Å²) in [5.74, 6) is 2.34. The molecular formula is C66H48O7S. The van der Waals surface area contributed by atoms with Crippen molar-refractivity contribution in [2.75, 3.05) is 0 Å². The van der Waals surface area contributed by atoms with Crippen LogP contribution in [0.3, 0.4) is 0 Å². The molecule has 1 N–H and O–H groups in total. The molecule has 11 rings (SSSR count). The van der Waals surface area contributed by atoms with Crippen molar-refractivity contribution in [3.8, 4) is 45.3 Å². The van der Waals surface area contributed by atoms with E-state index >= 15 is 0 Å². The number of hydrogen-bond donors (Lipinski definition) is 1. The summed E-state index contributed by atoms with van der Waals surface area (Å²) in [5, 5.41) is 0. The van der Waals surface area contributed by atoms with Crippen LogP contribution in [-0.4, -0.2) is 24.5 Å². The summed E-state index contributed by atoms with van der Waals surface area (Å²) >= 11 is 0. The normalized spacial score (nSPS) is 12.4. The maximum atomic E-state index is 13.6. The molecule has 0 unspecified atom stereocenters. The molecule has 0 fully saturated rings. The highest BCUT2D eigenvalue weighted by molar-refractivity contribution is 7.86. The summed E-state index contributed by atoms with van der Waals surface area (Å²) in [6.07, 6.45) is 0.403. The molecule has 0 atom stereocenters. The van der Waals surface area contributed by atoms with Crippen LogP contribution < -0.4 is 9.47 Å². The first kappa shape index (κ1) is 47.4. The van der Waals surface area contributed by atoms with Gasteiger partial charge >= 0.3 is 0 Å². The first-order valence-corrected chi connectivity index (χ1v) is 25.7. The Balaban J connectivity index is 0.794. The van der Waals surface area contributed by atoms with E-state index in [2.05, 4.69) is 72.8 Å². The number of carbonyl (C=O) groups is 2. The second-order valence-electron chi connectivity index (χ2n) is 18.7. The lowest BCUT2D eigenvalue weighted by Gasteiger charge is -2.34. The predicted octanol–water partition coefficient (Wildman–Crippen LogP) is 15.2. The molecular weight excluding hydrogens is 937 g/mol. The molecule has 0 heterocycles. The van der Waals surface area contributed by atoms with Crippen molar-refractivity contribution in [2.24, 2.45) is 0 Å². The van der Waals surface area contributed by atoms with E-state index in [1.165, 1.54) is 28.3 Å². The fourth-order valence-electron chi connectivity index (χ4n) is 10.1. The first-order chi connectivity index (χ1) is 35.9. The fourth-order valence-corrected chi connectivity index (χ4v) is 10.9. The van der Waals surface area contributed by atoms with Crippen LogP contribution in [0.2, 0.25) is 0 Å². The van der Waals surface area contributed by atoms with E-state index in [0.717, 1.165) is 27.8 Å². The average Bonchev–Trinajstić information content (AvgIpc) is 3.73. The fraction of sp³-hybridized carbons (Fsp3) is 0.0606. The monoisotopic (exact) mass is 984 g/mol. The molecule has 1 aliphatic carbocycles. The summed E-state index contributed by atoms with van der Waals surface area (Å²) in [6, 6.07) is 75.2. The zero-order chi connectivity index (χ0) is 51.0. The van der Waals surface area contributed by atoms with E-state index in [9.17, 15) is 22.6 Å². The van der Waals surface area contributed by atoms with Gasteiger partial charge < -0.3 is 9.47 Å². The standard InChI is InChI=1S/C66H48O7S/c1-43-11-18-47(19-12-43)58-40-17-46(42-63(58)74(69,70)71)41-45-15-22-49(23-16-45)65(68)51-26-34-55(35-27-51)73-57-38-30-53(31-39-57)66(61-9-5-3-7-59(61)60-8-4-6-10-62(60)66)52-28-36-56(37-29-52)72-54-32-24-50(25-33-54)64(67)48-20-13-44(2)14-21-48/h3-40,42H,41H2,1-2H3,(H,69,70,71). The summed E-state index contributed by atoms with van der Waals surface area (Å²) in [5.41, 5.74) is 13.3. The van der Waals surface area contributed by atoms with Crippen molar-refractivity contribution in [2.45, 2.75) is 30.6 Å². The van der Waals surface area contributed by atoms with Crippen LogP contribution >= 0.6 is 0 Å². The minimum atomic E-state index is -4.49. The smallest absolute Gasteiger partial charge is 0.295 e. The Hall–Kier alpha value is -8.95. The van der Waals surface area contributed by atoms with Crippen molar-refractivity contribution in [3.63, 3.8) is 0 Å². The molecule has 10 aromatic carbocycles. The van der Waals surface area contributed by atoms with Crippen molar-refractivity contribution < 1.29 is 32.0 Å². The Bertz CT molecular complexity index is 3780. The van der Waals surface area contributed by atoms with E-state index in [1.807, 2.05) is 117 Å². The summed E-state index contributed by atoms with van der Waals surface area (Å²) < 4.78 is 47.7. The average molecular weight is 985 g/mol. The molecule has 0 saturated heterocycles. The molecule has 7 nitrogen and oxygen atoms in total.